The lowest BCUT2D eigenvalue weighted by molar-refractivity contribution is 0.101. The number of rotatable bonds is 8. The normalized spacial score (nSPS) is 11.6. The smallest absolute Gasteiger partial charge is 0.323 e. The molecule has 0 spiro atoms. The van der Waals surface area contributed by atoms with Crippen LogP contribution in [0, 0.1) is 13.8 Å². The predicted octanol–water partition coefficient (Wildman–Crippen LogP) is 6.66. The van der Waals surface area contributed by atoms with Crippen LogP contribution in [0.1, 0.15) is 31.8 Å². The highest BCUT2D eigenvalue weighted by atomic mass is 32.2. The predicted molar refractivity (Wildman–Crippen MR) is 202 cm³/mol. The van der Waals surface area contributed by atoms with Crippen molar-refractivity contribution in [3.63, 3.8) is 0 Å². The van der Waals surface area contributed by atoms with Gasteiger partial charge in [-0.3, -0.25) is 18.7 Å². The molecule has 0 radical (unpaired) electrons. The fraction of sp³-hybridized carbons (Fsp3) is 0.0541. The van der Waals surface area contributed by atoms with Crippen LogP contribution in [-0.2, 0) is 20.2 Å². The second-order valence-corrected chi connectivity index (χ2v) is 14.9. The molecule has 0 aliphatic carbocycles. The Hall–Kier alpha value is -6.53. The zero-order valence-electron chi connectivity index (χ0n) is 28.2. The molecule has 8 N–H and O–H groups in total. The molecule has 0 unspecified atom stereocenters. The van der Waals surface area contributed by atoms with E-state index in [4.69, 9.17) is 0 Å². The Morgan fingerprint density at radius 3 is 1.22 bits per heavy atom. The Balaban J connectivity index is 1.13. The van der Waals surface area contributed by atoms with Crippen molar-refractivity contribution >= 4 is 82.4 Å². The Kier molecular flexibility index (Phi) is 9.74. The number of benzene rings is 6. The van der Waals surface area contributed by atoms with E-state index in [1.54, 1.807) is 13.8 Å². The number of aromatic hydroxyl groups is 2. The fourth-order valence-electron chi connectivity index (χ4n) is 5.93. The molecule has 17 heteroatoms. The third kappa shape index (κ3) is 7.50. The molecule has 0 bridgehead atoms. The standard InChI is InChI=1S/C37H30N4O11S2/c1-19-17-21(35(44)38-27-13-15-31(53(47,48)49)23-5-3-7-29(42)33(23)27)9-11-25(19)40-37(46)41-26-12-10-22(18-20(26)2)36(45)39-28-14-16-32(54(50,51)52)24-6-4-8-30(43)34(24)28/h3-18,42-43H,1-2H3,(H,38,44)(H,39,45)(H2,40,41,46)(H,47,48,49)(H,50,51,52). The van der Waals surface area contributed by atoms with Crippen molar-refractivity contribution in [3.05, 3.63) is 119 Å². The van der Waals surface area contributed by atoms with Gasteiger partial charge in [0, 0.05) is 44.0 Å². The van der Waals surface area contributed by atoms with E-state index in [2.05, 4.69) is 21.3 Å². The fourth-order valence-corrected chi connectivity index (χ4v) is 7.31. The molecule has 0 aliphatic rings. The van der Waals surface area contributed by atoms with Crippen molar-refractivity contribution in [2.45, 2.75) is 23.6 Å². The number of nitrogens with one attached hydrogen (secondary N) is 4. The molecule has 15 nitrogen and oxygen atoms in total. The van der Waals surface area contributed by atoms with Gasteiger partial charge in [0.15, 0.2) is 0 Å². The van der Waals surface area contributed by atoms with E-state index >= 15 is 0 Å². The van der Waals surface area contributed by atoms with Crippen LogP contribution >= 0.6 is 0 Å². The van der Waals surface area contributed by atoms with Gasteiger partial charge in [0.05, 0.1) is 11.4 Å². The Labute approximate surface area is 307 Å². The van der Waals surface area contributed by atoms with Gasteiger partial charge in [-0.2, -0.15) is 16.8 Å². The van der Waals surface area contributed by atoms with E-state index in [9.17, 15) is 50.5 Å². The van der Waals surface area contributed by atoms with E-state index in [0.717, 1.165) is 12.1 Å². The van der Waals surface area contributed by atoms with Crippen molar-refractivity contribution in [1.82, 2.24) is 0 Å². The first-order valence-electron chi connectivity index (χ1n) is 15.8. The monoisotopic (exact) mass is 770 g/mol. The molecule has 4 amide bonds. The second-order valence-electron chi connectivity index (χ2n) is 12.1. The SMILES string of the molecule is Cc1cc(C(=O)Nc2ccc(S(=O)(=O)O)c3cccc(O)c23)ccc1NC(=O)Nc1ccc(C(=O)Nc2ccc(S(=O)(=O)O)c3cccc(O)c23)cc1C. The summed E-state index contributed by atoms with van der Waals surface area (Å²) in [5.41, 5.74) is 2.33. The van der Waals surface area contributed by atoms with Gasteiger partial charge < -0.3 is 31.5 Å². The first-order chi connectivity index (χ1) is 25.4. The number of phenolic OH excluding ortho intramolecular Hbond substituents is 2. The number of aryl methyl sites for hydroxylation is 2. The number of urea groups is 1. The highest BCUT2D eigenvalue weighted by Gasteiger charge is 2.21. The maximum absolute atomic E-state index is 13.2. The Morgan fingerprint density at radius 1 is 0.500 bits per heavy atom. The molecular formula is C37H30N4O11S2. The summed E-state index contributed by atoms with van der Waals surface area (Å²) < 4.78 is 66.6. The van der Waals surface area contributed by atoms with Crippen molar-refractivity contribution in [3.8, 4) is 11.5 Å². The number of amides is 4. The lowest BCUT2D eigenvalue weighted by atomic mass is 10.1. The molecule has 54 heavy (non-hydrogen) atoms. The van der Waals surface area contributed by atoms with Gasteiger partial charge in [-0.05, 0) is 97.8 Å². The van der Waals surface area contributed by atoms with E-state index in [1.807, 2.05) is 0 Å². The molecule has 0 heterocycles. The van der Waals surface area contributed by atoms with E-state index in [0.29, 0.717) is 22.5 Å². The van der Waals surface area contributed by atoms with Crippen LogP contribution in [0.25, 0.3) is 21.5 Å². The quantitative estimate of drug-likeness (QED) is 0.0760. The van der Waals surface area contributed by atoms with Crippen molar-refractivity contribution in [2.75, 3.05) is 21.3 Å². The third-order valence-electron chi connectivity index (χ3n) is 8.48. The van der Waals surface area contributed by atoms with Crippen LogP contribution in [-0.4, -0.2) is 54.0 Å². The topological polar surface area (TPSA) is 249 Å². The molecule has 0 fully saturated rings. The molecule has 276 valence electrons. The molecule has 0 aliphatic heterocycles. The average Bonchev–Trinajstić information content (AvgIpc) is 3.09. The number of anilines is 4. The number of carbonyl (C=O) groups is 3. The second kappa shape index (κ2) is 14.1. The van der Waals surface area contributed by atoms with Crippen molar-refractivity contribution in [2.24, 2.45) is 0 Å². The Morgan fingerprint density at radius 2 is 0.870 bits per heavy atom. The van der Waals surface area contributed by atoms with Gasteiger partial charge in [-0.25, -0.2) is 4.79 Å². The highest BCUT2D eigenvalue weighted by molar-refractivity contribution is 7.86. The number of phenols is 2. The minimum atomic E-state index is -4.62. The summed E-state index contributed by atoms with van der Waals surface area (Å²) in [6, 6.07) is 21.2. The molecule has 0 saturated carbocycles. The first kappa shape index (κ1) is 37.2. The number of hydrogen-bond donors (Lipinski definition) is 8. The van der Waals surface area contributed by atoms with Crippen LogP contribution in [0.4, 0.5) is 27.5 Å². The van der Waals surface area contributed by atoms with Crippen LogP contribution in [0.5, 0.6) is 11.5 Å². The first-order valence-corrected chi connectivity index (χ1v) is 18.7. The third-order valence-corrected chi connectivity index (χ3v) is 10.3. The summed E-state index contributed by atoms with van der Waals surface area (Å²) in [4.78, 5) is 38.5. The molecule has 0 atom stereocenters. The highest BCUT2D eigenvalue weighted by Crippen LogP contribution is 2.37. The van der Waals surface area contributed by atoms with Gasteiger partial charge in [0.2, 0.25) is 0 Å². The lowest BCUT2D eigenvalue weighted by Crippen LogP contribution is -2.21. The van der Waals surface area contributed by atoms with Gasteiger partial charge in [-0.15, -0.1) is 0 Å². The van der Waals surface area contributed by atoms with Gasteiger partial charge in [0.1, 0.15) is 21.3 Å². The van der Waals surface area contributed by atoms with E-state index < -0.39 is 47.9 Å². The van der Waals surface area contributed by atoms with Crippen LogP contribution in [0.15, 0.2) is 107 Å². The minimum absolute atomic E-state index is 0.00592. The molecule has 0 aromatic heterocycles. The summed E-state index contributed by atoms with van der Waals surface area (Å²) in [7, 11) is -9.24. The molecule has 6 aromatic rings. The van der Waals surface area contributed by atoms with Crippen molar-refractivity contribution in [1.29, 1.82) is 0 Å². The van der Waals surface area contributed by atoms with Crippen LogP contribution in [0.3, 0.4) is 0 Å². The number of hydrogen-bond acceptors (Lipinski definition) is 9. The van der Waals surface area contributed by atoms with E-state index in [-0.39, 0.29) is 55.5 Å². The zero-order chi connectivity index (χ0) is 39.1. The van der Waals surface area contributed by atoms with Crippen LogP contribution in [0.2, 0.25) is 0 Å². The van der Waals surface area contributed by atoms with Gasteiger partial charge >= 0.3 is 6.03 Å². The largest absolute Gasteiger partial charge is 0.507 e. The molecule has 6 aromatic carbocycles. The minimum Gasteiger partial charge on any atom is -0.507 e. The van der Waals surface area contributed by atoms with Gasteiger partial charge in [0.25, 0.3) is 32.1 Å². The maximum atomic E-state index is 13.2. The molecule has 0 saturated heterocycles. The zero-order valence-corrected chi connectivity index (χ0v) is 29.8. The number of carbonyl (C=O) groups excluding carboxylic acids is 3. The van der Waals surface area contributed by atoms with Gasteiger partial charge in [-0.1, -0.05) is 24.3 Å². The maximum Gasteiger partial charge on any atom is 0.323 e. The van der Waals surface area contributed by atoms with E-state index in [1.165, 1.54) is 84.9 Å². The summed E-state index contributed by atoms with van der Waals surface area (Å²) in [6.07, 6.45) is 0. The average molecular weight is 771 g/mol. The summed E-state index contributed by atoms with van der Waals surface area (Å²) in [5, 5.41) is 31.6. The summed E-state index contributed by atoms with van der Waals surface area (Å²) in [6.45, 7) is 3.32. The summed E-state index contributed by atoms with van der Waals surface area (Å²) in [5.74, 6) is -1.83. The van der Waals surface area contributed by atoms with Crippen LogP contribution < -0.4 is 21.3 Å². The molecule has 6 rings (SSSR count). The number of fused-ring (bicyclic) bond motifs is 2. The summed E-state index contributed by atoms with van der Waals surface area (Å²) >= 11 is 0. The lowest BCUT2D eigenvalue weighted by Gasteiger charge is -2.15. The Bertz CT molecular complexity index is 2600. The van der Waals surface area contributed by atoms with Crippen molar-refractivity contribution < 1.29 is 50.5 Å². The molecular weight excluding hydrogens is 741 g/mol.